The van der Waals surface area contributed by atoms with Gasteiger partial charge in [0.1, 0.15) is 5.56 Å². The maximum Gasteiger partial charge on any atom is 0.339 e. The van der Waals surface area contributed by atoms with E-state index in [2.05, 4.69) is 0 Å². The first kappa shape index (κ1) is 12.9. The fraction of sp³-hybridized carbons (Fsp3) is 0.333. The van der Waals surface area contributed by atoms with Gasteiger partial charge in [0.2, 0.25) is 5.91 Å². The fourth-order valence-corrected chi connectivity index (χ4v) is 2.37. The molecule has 1 aliphatic rings. The zero-order valence-corrected chi connectivity index (χ0v) is 10.4. The summed E-state index contributed by atoms with van der Waals surface area (Å²) in [5.74, 6) is -1.19. The quantitative estimate of drug-likeness (QED) is 0.867. The van der Waals surface area contributed by atoms with E-state index in [1.54, 1.807) is 12.1 Å². The number of hydrogen-bond donors (Lipinski definition) is 2. The van der Waals surface area contributed by atoms with E-state index >= 15 is 0 Å². The molecule has 5 nitrogen and oxygen atoms in total. The van der Waals surface area contributed by atoms with Crippen LogP contribution in [0.15, 0.2) is 18.2 Å². The first-order chi connectivity index (χ1) is 8.54. The Morgan fingerprint density at radius 2 is 2.28 bits per heavy atom. The number of carbonyl (C=O) groups excluding carboxylic acids is 1. The molecule has 0 bridgehead atoms. The van der Waals surface area contributed by atoms with Gasteiger partial charge < -0.3 is 15.7 Å². The highest BCUT2D eigenvalue weighted by molar-refractivity contribution is 6.34. The second-order valence-corrected chi connectivity index (χ2v) is 4.66. The summed E-state index contributed by atoms with van der Waals surface area (Å²) in [4.78, 5) is 24.5. The van der Waals surface area contributed by atoms with Crippen LogP contribution in [0.5, 0.6) is 0 Å². The highest BCUT2D eigenvalue weighted by Gasteiger charge is 2.32. The Bertz CT molecular complexity index is 504. The van der Waals surface area contributed by atoms with Crippen LogP contribution in [0, 0.1) is 5.92 Å². The minimum atomic E-state index is -1.14. The van der Waals surface area contributed by atoms with Crippen LogP contribution in [-0.4, -0.2) is 30.1 Å². The molecule has 1 amide bonds. The first-order valence-corrected chi connectivity index (χ1v) is 5.94. The summed E-state index contributed by atoms with van der Waals surface area (Å²) in [5.41, 5.74) is 5.85. The van der Waals surface area contributed by atoms with Gasteiger partial charge in [-0.05, 0) is 24.6 Å². The molecular weight excluding hydrogens is 256 g/mol. The third kappa shape index (κ3) is 2.19. The Hall–Kier alpha value is -1.59. The topological polar surface area (TPSA) is 83.6 Å². The van der Waals surface area contributed by atoms with Crippen molar-refractivity contribution < 1.29 is 14.7 Å². The second-order valence-electron chi connectivity index (χ2n) is 4.25. The van der Waals surface area contributed by atoms with Crippen molar-refractivity contribution in [2.45, 2.75) is 6.42 Å². The van der Waals surface area contributed by atoms with Crippen LogP contribution in [-0.2, 0) is 4.79 Å². The molecule has 1 fully saturated rings. The van der Waals surface area contributed by atoms with Crippen molar-refractivity contribution in [1.82, 2.24) is 0 Å². The number of carbonyl (C=O) groups is 2. The molecule has 3 N–H and O–H groups in total. The van der Waals surface area contributed by atoms with E-state index in [-0.39, 0.29) is 22.4 Å². The monoisotopic (exact) mass is 268 g/mol. The summed E-state index contributed by atoms with van der Waals surface area (Å²) in [7, 11) is 0. The number of hydrogen-bond acceptors (Lipinski definition) is 3. The highest BCUT2D eigenvalue weighted by Crippen LogP contribution is 2.31. The van der Waals surface area contributed by atoms with E-state index in [1.807, 2.05) is 0 Å². The van der Waals surface area contributed by atoms with Crippen LogP contribution in [0.3, 0.4) is 0 Å². The minimum Gasteiger partial charge on any atom is -0.478 e. The SMILES string of the molecule is NCC1CC(=O)N(c2cccc(Cl)c2C(=O)O)C1. The van der Waals surface area contributed by atoms with Crippen LogP contribution in [0.4, 0.5) is 5.69 Å². The molecule has 1 aromatic rings. The molecule has 0 saturated carbocycles. The lowest BCUT2D eigenvalue weighted by molar-refractivity contribution is -0.117. The average molecular weight is 269 g/mol. The van der Waals surface area contributed by atoms with Gasteiger partial charge in [-0.15, -0.1) is 0 Å². The van der Waals surface area contributed by atoms with Gasteiger partial charge >= 0.3 is 5.97 Å². The molecule has 1 unspecified atom stereocenters. The number of nitrogens with two attached hydrogens (primary N) is 1. The first-order valence-electron chi connectivity index (χ1n) is 5.56. The van der Waals surface area contributed by atoms with E-state index in [9.17, 15) is 9.59 Å². The molecule has 1 atom stereocenters. The van der Waals surface area contributed by atoms with Gasteiger partial charge in [0.05, 0.1) is 10.7 Å². The van der Waals surface area contributed by atoms with Crippen LogP contribution in [0.25, 0.3) is 0 Å². The normalized spacial score (nSPS) is 19.3. The molecule has 1 saturated heterocycles. The zero-order valence-electron chi connectivity index (χ0n) is 9.60. The Kier molecular flexibility index (Phi) is 3.54. The third-order valence-corrected chi connectivity index (χ3v) is 3.35. The highest BCUT2D eigenvalue weighted by atomic mass is 35.5. The van der Waals surface area contributed by atoms with Gasteiger partial charge in [-0.25, -0.2) is 4.79 Å². The summed E-state index contributed by atoms with van der Waals surface area (Å²) < 4.78 is 0. The number of carboxylic acid groups (broad SMARTS) is 1. The third-order valence-electron chi connectivity index (χ3n) is 3.03. The number of amides is 1. The van der Waals surface area contributed by atoms with Gasteiger partial charge in [0.15, 0.2) is 0 Å². The minimum absolute atomic E-state index is 0.0369. The van der Waals surface area contributed by atoms with Gasteiger partial charge in [-0.1, -0.05) is 17.7 Å². The summed E-state index contributed by atoms with van der Waals surface area (Å²) in [6.07, 6.45) is 0.349. The molecule has 0 aliphatic carbocycles. The molecule has 0 aromatic heterocycles. The Morgan fingerprint density at radius 3 is 2.83 bits per heavy atom. The zero-order chi connectivity index (χ0) is 13.3. The molecule has 96 valence electrons. The smallest absolute Gasteiger partial charge is 0.339 e. The van der Waals surface area contributed by atoms with Crippen molar-refractivity contribution in [2.24, 2.45) is 11.7 Å². The fourth-order valence-electron chi connectivity index (χ4n) is 2.12. The van der Waals surface area contributed by atoms with Crippen molar-refractivity contribution >= 4 is 29.2 Å². The predicted molar refractivity (Wildman–Crippen MR) is 67.9 cm³/mol. The maximum absolute atomic E-state index is 11.9. The van der Waals surface area contributed by atoms with Crippen LogP contribution < -0.4 is 10.6 Å². The Labute approximate surface area is 109 Å². The summed E-state index contributed by atoms with van der Waals surface area (Å²) in [6, 6.07) is 4.72. The second kappa shape index (κ2) is 4.96. The van der Waals surface area contributed by atoms with Crippen molar-refractivity contribution in [3.63, 3.8) is 0 Å². The number of benzene rings is 1. The van der Waals surface area contributed by atoms with Crippen LogP contribution >= 0.6 is 11.6 Å². The lowest BCUT2D eigenvalue weighted by atomic mass is 10.1. The standard InChI is InChI=1S/C12H13ClN2O3/c13-8-2-1-3-9(11(8)12(17)18)15-6-7(5-14)4-10(15)16/h1-3,7H,4-6,14H2,(H,17,18). The van der Waals surface area contributed by atoms with Gasteiger partial charge in [0, 0.05) is 13.0 Å². The van der Waals surface area contributed by atoms with E-state index in [0.717, 1.165) is 0 Å². The van der Waals surface area contributed by atoms with Crippen LogP contribution in [0.2, 0.25) is 5.02 Å². The average Bonchev–Trinajstić information content (AvgIpc) is 2.69. The Morgan fingerprint density at radius 1 is 1.56 bits per heavy atom. The summed E-state index contributed by atoms with van der Waals surface area (Å²) >= 11 is 5.88. The van der Waals surface area contributed by atoms with E-state index in [4.69, 9.17) is 22.4 Å². The molecule has 18 heavy (non-hydrogen) atoms. The summed E-state index contributed by atoms with van der Waals surface area (Å²) in [5, 5.41) is 9.30. The van der Waals surface area contributed by atoms with Gasteiger partial charge in [0.25, 0.3) is 0 Å². The largest absolute Gasteiger partial charge is 0.478 e. The Balaban J connectivity index is 2.43. The van der Waals surface area contributed by atoms with E-state index in [1.165, 1.54) is 11.0 Å². The molecule has 1 heterocycles. The molecule has 0 radical (unpaired) electrons. The molecular formula is C12H13ClN2O3. The number of nitrogens with zero attached hydrogens (tertiary/aromatic N) is 1. The maximum atomic E-state index is 11.9. The molecule has 1 aromatic carbocycles. The molecule has 2 rings (SSSR count). The molecule has 1 aliphatic heterocycles. The lowest BCUT2D eigenvalue weighted by Gasteiger charge is -2.19. The van der Waals surface area contributed by atoms with Crippen molar-refractivity contribution in [1.29, 1.82) is 0 Å². The number of anilines is 1. The van der Waals surface area contributed by atoms with Gasteiger partial charge in [-0.2, -0.15) is 0 Å². The van der Waals surface area contributed by atoms with Gasteiger partial charge in [-0.3, -0.25) is 4.79 Å². The molecule has 6 heteroatoms. The predicted octanol–water partition coefficient (Wildman–Crippen LogP) is 1.35. The summed E-state index contributed by atoms with van der Waals surface area (Å²) in [6.45, 7) is 0.848. The molecule has 0 spiro atoms. The van der Waals surface area contributed by atoms with Crippen LogP contribution in [0.1, 0.15) is 16.8 Å². The van der Waals surface area contributed by atoms with E-state index < -0.39 is 5.97 Å². The van der Waals surface area contributed by atoms with Crippen molar-refractivity contribution in [3.8, 4) is 0 Å². The van der Waals surface area contributed by atoms with Crippen molar-refractivity contribution in [3.05, 3.63) is 28.8 Å². The number of carboxylic acids is 1. The number of aromatic carboxylic acids is 1. The number of rotatable bonds is 3. The van der Waals surface area contributed by atoms with E-state index in [0.29, 0.717) is 25.2 Å². The lowest BCUT2D eigenvalue weighted by Crippen LogP contribution is -2.27. The van der Waals surface area contributed by atoms with Crippen molar-refractivity contribution in [2.75, 3.05) is 18.0 Å². The number of halogens is 1.